The molecule has 0 fully saturated rings. The van der Waals surface area contributed by atoms with Gasteiger partial charge >= 0.3 is 5.97 Å². The minimum Gasteiger partial charge on any atom is -0.481 e. The van der Waals surface area contributed by atoms with Gasteiger partial charge in [0.15, 0.2) is 0 Å². The van der Waals surface area contributed by atoms with E-state index in [9.17, 15) is 14.0 Å². The quantitative estimate of drug-likeness (QED) is 0.581. The lowest BCUT2D eigenvalue weighted by Crippen LogP contribution is -2.10. The summed E-state index contributed by atoms with van der Waals surface area (Å²) in [5.74, 6) is -1.77. The van der Waals surface area contributed by atoms with E-state index in [4.69, 9.17) is 5.11 Å². The van der Waals surface area contributed by atoms with Crippen molar-refractivity contribution in [1.29, 1.82) is 0 Å². The Balaban J connectivity index is 1.69. The Morgan fingerprint density at radius 3 is 2.57 bits per heavy atom. The lowest BCUT2D eigenvalue weighted by Gasteiger charge is -2.09. The molecule has 0 bridgehead atoms. The van der Waals surface area contributed by atoms with Gasteiger partial charge in [0.1, 0.15) is 5.82 Å². The van der Waals surface area contributed by atoms with Crippen molar-refractivity contribution >= 4 is 23.6 Å². The Bertz CT molecular complexity index is 1100. The molecule has 30 heavy (non-hydrogen) atoms. The summed E-state index contributed by atoms with van der Waals surface area (Å²) in [4.78, 5) is 23.1. The molecule has 0 aliphatic rings. The van der Waals surface area contributed by atoms with Crippen LogP contribution >= 0.6 is 0 Å². The van der Waals surface area contributed by atoms with Crippen LogP contribution in [-0.4, -0.2) is 26.8 Å². The van der Waals surface area contributed by atoms with Gasteiger partial charge in [-0.1, -0.05) is 36.4 Å². The Kier molecular flexibility index (Phi) is 6.41. The molecule has 2 N–H and O–H groups in total. The van der Waals surface area contributed by atoms with Gasteiger partial charge in [-0.15, -0.1) is 0 Å². The summed E-state index contributed by atoms with van der Waals surface area (Å²) in [7, 11) is 0. The van der Waals surface area contributed by atoms with Crippen LogP contribution in [-0.2, 0) is 22.6 Å². The molecule has 0 unspecified atom stereocenters. The second-order valence-corrected chi connectivity index (χ2v) is 6.92. The first-order valence-corrected chi connectivity index (χ1v) is 9.40. The number of hydrogen-bond acceptors (Lipinski definition) is 3. The van der Waals surface area contributed by atoms with Crippen LogP contribution in [0.15, 0.2) is 54.6 Å². The normalized spacial score (nSPS) is 11.0. The Labute approximate surface area is 173 Å². The predicted octanol–water partition coefficient (Wildman–Crippen LogP) is 3.97. The lowest BCUT2D eigenvalue weighted by atomic mass is 10.1. The van der Waals surface area contributed by atoms with Gasteiger partial charge in [-0.3, -0.25) is 14.3 Å². The van der Waals surface area contributed by atoms with Gasteiger partial charge in [-0.25, -0.2) is 4.39 Å². The first-order valence-electron chi connectivity index (χ1n) is 9.40. The molecule has 0 saturated carbocycles. The summed E-state index contributed by atoms with van der Waals surface area (Å²) in [5.41, 5.74) is 3.57. The third kappa shape index (κ3) is 5.20. The second kappa shape index (κ2) is 9.17. The maximum absolute atomic E-state index is 14.6. The highest BCUT2D eigenvalue weighted by atomic mass is 19.1. The van der Waals surface area contributed by atoms with Crippen LogP contribution in [0, 0.1) is 19.7 Å². The largest absolute Gasteiger partial charge is 0.481 e. The van der Waals surface area contributed by atoms with E-state index >= 15 is 0 Å². The van der Waals surface area contributed by atoms with Crippen LogP contribution in [0.5, 0.6) is 0 Å². The van der Waals surface area contributed by atoms with E-state index in [-0.39, 0.29) is 18.9 Å². The molecule has 0 radical (unpaired) electrons. The summed E-state index contributed by atoms with van der Waals surface area (Å²) in [6.07, 6.45) is 2.94. The molecule has 1 amide bonds. The third-order valence-corrected chi connectivity index (χ3v) is 4.73. The Hall–Kier alpha value is -3.74. The average molecular weight is 407 g/mol. The zero-order valence-electron chi connectivity index (χ0n) is 16.7. The number of nitrogens with one attached hydrogen (secondary N) is 1. The molecule has 2 aromatic carbocycles. The first kappa shape index (κ1) is 21.0. The highest BCUT2D eigenvalue weighted by molar-refractivity contribution is 6.01. The summed E-state index contributed by atoms with van der Waals surface area (Å²) >= 11 is 0. The minimum atomic E-state index is -0.937. The van der Waals surface area contributed by atoms with E-state index in [0.29, 0.717) is 28.2 Å². The van der Waals surface area contributed by atoms with Crippen molar-refractivity contribution in [3.63, 3.8) is 0 Å². The molecule has 3 aromatic rings. The summed E-state index contributed by atoms with van der Waals surface area (Å²) in [6.45, 7) is 3.67. The SMILES string of the molecule is Cc1nn(Cc2ccc(NC(=O)/C=C/c3ccccc3)cc2F)c(C)c1CC(=O)O. The number of amides is 1. The number of aryl methyl sites for hydroxylation is 1. The van der Waals surface area contributed by atoms with Crippen LogP contribution in [0.2, 0.25) is 0 Å². The molecule has 6 nitrogen and oxygen atoms in total. The van der Waals surface area contributed by atoms with Gasteiger partial charge in [-0.05, 0) is 37.6 Å². The minimum absolute atomic E-state index is 0.123. The molecule has 0 spiro atoms. The molecule has 1 heterocycles. The molecule has 0 saturated heterocycles. The van der Waals surface area contributed by atoms with Crippen LogP contribution in [0.25, 0.3) is 6.08 Å². The van der Waals surface area contributed by atoms with Crippen molar-refractivity contribution in [2.45, 2.75) is 26.8 Å². The number of carboxylic acids is 1. The number of hydrogen-bond donors (Lipinski definition) is 2. The first-order chi connectivity index (χ1) is 14.3. The van der Waals surface area contributed by atoms with Gasteiger partial charge in [0.05, 0.1) is 18.7 Å². The fraction of sp³-hybridized carbons (Fsp3) is 0.174. The molecule has 0 aliphatic carbocycles. The highest BCUT2D eigenvalue weighted by Gasteiger charge is 2.15. The average Bonchev–Trinajstić information content (AvgIpc) is 2.96. The molecule has 1 aromatic heterocycles. The number of rotatable bonds is 7. The number of anilines is 1. The van der Waals surface area contributed by atoms with E-state index in [1.54, 1.807) is 36.7 Å². The van der Waals surface area contributed by atoms with Crippen molar-refractivity contribution in [1.82, 2.24) is 9.78 Å². The number of carboxylic acid groups (broad SMARTS) is 1. The maximum atomic E-state index is 14.6. The third-order valence-electron chi connectivity index (χ3n) is 4.73. The highest BCUT2D eigenvalue weighted by Crippen LogP contribution is 2.19. The predicted molar refractivity (Wildman–Crippen MR) is 113 cm³/mol. The van der Waals surface area contributed by atoms with Crippen molar-refractivity contribution in [2.75, 3.05) is 5.32 Å². The van der Waals surface area contributed by atoms with Crippen LogP contribution in [0.1, 0.15) is 28.1 Å². The molecule has 154 valence electrons. The number of carbonyl (C=O) groups excluding carboxylic acids is 1. The number of aliphatic carboxylic acids is 1. The molecular weight excluding hydrogens is 385 g/mol. The fourth-order valence-corrected chi connectivity index (χ4v) is 3.13. The van der Waals surface area contributed by atoms with E-state index in [2.05, 4.69) is 10.4 Å². The number of aromatic nitrogens is 2. The van der Waals surface area contributed by atoms with Crippen LogP contribution in [0.3, 0.4) is 0 Å². The zero-order chi connectivity index (χ0) is 21.7. The maximum Gasteiger partial charge on any atom is 0.307 e. The van der Waals surface area contributed by atoms with Crippen LogP contribution < -0.4 is 5.32 Å². The Morgan fingerprint density at radius 1 is 1.17 bits per heavy atom. The van der Waals surface area contributed by atoms with E-state index in [1.807, 2.05) is 30.3 Å². The van der Waals surface area contributed by atoms with E-state index < -0.39 is 11.8 Å². The number of halogens is 1. The van der Waals surface area contributed by atoms with Crippen molar-refractivity contribution in [2.24, 2.45) is 0 Å². The fourth-order valence-electron chi connectivity index (χ4n) is 3.13. The molecule has 0 atom stereocenters. The number of nitrogens with zero attached hydrogens (tertiary/aromatic N) is 2. The van der Waals surface area contributed by atoms with Crippen LogP contribution in [0.4, 0.5) is 10.1 Å². The van der Waals surface area contributed by atoms with Crippen molar-refractivity contribution in [3.05, 3.63) is 88.5 Å². The van der Waals surface area contributed by atoms with Crippen molar-refractivity contribution < 1.29 is 19.1 Å². The smallest absolute Gasteiger partial charge is 0.307 e. The zero-order valence-corrected chi connectivity index (χ0v) is 16.7. The Morgan fingerprint density at radius 2 is 1.90 bits per heavy atom. The van der Waals surface area contributed by atoms with Gasteiger partial charge < -0.3 is 10.4 Å². The monoisotopic (exact) mass is 407 g/mol. The van der Waals surface area contributed by atoms with Gasteiger partial charge in [0.25, 0.3) is 0 Å². The number of benzene rings is 2. The summed E-state index contributed by atoms with van der Waals surface area (Å²) < 4.78 is 16.2. The summed E-state index contributed by atoms with van der Waals surface area (Å²) in [6, 6.07) is 13.8. The van der Waals surface area contributed by atoms with Gasteiger partial charge in [-0.2, -0.15) is 5.10 Å². The summed E-state index contributed by atoms with van der Waals surface area (Å²) in [5, 5.41) is 16.0. The second-order valence-electron chi connectivity index (χ2n) is 6.92. The lowest BCUT2D eigenvalue weighted by molar-refractivity contribution is -0.136. The molecule has 0 aliphatic heterocycles. The van der Waals surface area contributed by atoms with Crippen molar-refractivity contribution in [3.8, 4) is 0 Å². The molecule has 7 heteroatoms. The standard InChI is InChI=1S/C23H22FN3O3/c1-15-20(13-23(29)30)16(2)27(26-15)14-18-9-10-19(12-21(18)24)25-22(28)11-8-17-6-4-3-5-7-17/h3-12H,13-14H2,1-2H3,(H,25,28)(H,29,30)/b11-8+. The number of carbonyl (C=O) groups is 2. The van der Waals surface area contributed by atoms with E-state index in [0.717, 1.165) is 5.56 Å². The topological polar surface area (TPSA) is 84.2 Å². The molecule has 3 rings (SSSR count). The van der Waals surface area contributed by atoms with Gasteiger partial charge in [0, 0.05) is 28.6 Å². The van der Waals surface area contributed by atoms with Gasteiger partial charge in [0.2, 0.25) is 5.91 Å². The van der Waals surface area contributed by atoms with E-state index in [1.165, 1.54) is 12.1 Å². The molecular formula is C23H22FN3O3.